The third kappa shape index (κ3) is 4.56. The van der Waals surface area contributed by atoms with Gasteiger partial charge in [-0.15, -0.1) is 0 Å². The van der Waals surface area contributed by atoms with Gasteiger partial charge in [0.2, 0.25) is 0 Å². The molecule has 8 heteroatoms. The van der Waals surface area contributed by atoms with Gasteiger partial charge in [-0.25, -0.2) is 14.5 Å². The third-order valence-electron chi connectivity index (χ3n) is 5.88. The van der Waals surface area contributed by atoms with E-state index in [-0.39, 0.29) is 24.3 Å². The normalized spacial score (nSPS) is 13.2. The number of carbonyl (C=O) groups excluding carboxylic acids is 2. The molecule has 4 aromatic rings. The van der Waals surface area contributed by atoms with Gasteiger partial charge < -0.3 is 9.84 Å². The van der Waals surface area contributed by atoms with Crippen molar-refractivity contribution in [2.45, 2.75) is 13.0 Å². The minimum Gasteiger partial charge on any atom is -0.489 e. The van der Waals surface area contributed by atoms with Gasteiger partial charge in [0.15, 0.2) is 0 Å². The van der Waals surface area contributed by atoms with Crippen LogP contribution in [0.2, 0.25) is 5.02 Å². The fourth-order valence-corrected chi connectivity index (χ4v) is 4.28. The summed E-state index contributed by atoms with van der Waals surface area (Å²) in [7, 11) is 0. The van der Waals surface area contributed by atoms with Gasteiger partial charge in [-0.3, -0.25) is 4.79 Å². The number of aliphatic imine (C=N–C) groups is 1. The molecule has 7 nitrogen and oxygen atoms in total. The Hall–Kier alpha value is -4.49. The van der Waals surface area contributed by atoms with Crippen LogP contribution in [0, 0.1) is 0 Å². The van der Waals surface area contributed by atoms with E-state index in [0.29, 0.717) is 16.5 Å². The fraction of sp³-hybridized carbons (Fsp3) is 0.0714. The highest BCUT2D eigenvalue weighted by Gasteiger charge is 2.35. The monoisotopic (exact) mass is 498 g/mol. The Morgan fingerprint density at radius 2 is 1.72 bits per heavy atom. The predicted octanol–water partition coefficient (Wildman–Crippen LogP) is 5.92. The number of ether oxygens (including phenoxy) is 1. The first-order valence-electron chi connectivity index (χ1n) is 11.1. The Labute approximate surface area is 211 Å². The molecule has 0 saturated carbocycles. The summed E-state index contributed by atoms with van der Waals surface area (Å²) in [6.07, 6.45) is 0.0935. The van der Waals surface area contributed by atoms with Gasteiger partial charge in [0, 0.05) is 17.0 Å². The molecule has 1 heterocycles. The Kier molecular flexibility index (Phi) is 6.23. The second kappa shape index (κ2) is 9.64. The molecule has 3 amide bonds. The number of anilines is 1. The molecule has 0 spiro atoms. The van der Waals surface area contributed by atoms with E-state index in [4.69, 9.17) is 21.4 Å². The first-order chi connectivity index (χ1) is 17.4. The van der Waals surface area contributed by atoms with Gasteiger partial charge in [0.1, 0.15) is 18.1 Å². The van der Waals surface area contributed by atoms with Crippen molar-refractivity contribution < 1.29 is 24.2 Å². The Morgan fingerprint density at radius 1 is 0.944 bits per heavy atom. The van der Waals surface area contributed by atoms with Crippen molar-refractivity contribution >= 4 is 51.7 Å². The van der Waals surface area contributed by atoms with Crippen LogP contribution in [0.5, 0.6) is 5.75 Å². The van der Waals surface area contributed by atoms with E-state index in [1.807, 2.05) is 36.4 Å². The molecule has 1 aliphatic rings. The Balaban J connectivity index is 1.44. The minimum absolute atomic E-state index is 0.0935. The van der Waals surface area contributed by atoms with Gasteiger partial charge in [0.25, 0.3) is 5.91 Å². The molecule has 0 bridgehead atoms. The fourth-order valence-electron chi connectivity index (χ4n) is 4.09. The summed E-state index contributed by atoms with van der Waals surface area (Å²) in [4.78, 5) is 42.0. The van der Waals surface area contributed by atoms with Gasteiger partial charge in [-0.05, 0) is 52.7 Å². The van der Waals surface area contributed by atoms with E-state index >= 15 is 0 Å². The average Bonchev–Trinajstić information content (AvgIpc) is 3.16. The summed E-state index contributed by atoms with van der Waals surface area (Å²) in [6.45, 7) is 0.194. The molecule has 36 heavy (non-hydrogen) atoms. The maximum Gasteiger partial charge on any atom is 0.355 e. The van der Waals surface area contributed by atoms with Crippen LogP contribution >= 0.6 is 11.6 Å². The van der Waals surface area contributed by atoms with Crippen LogP contribution in [-0.4, -0.2) is 28.7 Å². The van der Waals surface area contributed by atoms with E-state index in [1.54, 1.807) is 30.3 Å². The van der Waals surface area contributed by atoms with Crippen molar-refractivity contribution in [1.29, 1.82) is 0 Å². The minimum atomic E-state index is -0.998. The van der Waals surface area contributed by atoms with Gasteiger partial charge >= 0.3 is 12.0 Å². The van der Waals surface area contributed by atoms with Crippen molar-refractivity contribution in [3.05, 3.63) is 107 Å². The van der Waals surface area contributed by atoms with Crippen LogP contribution in [0.15, 0.2) is 89.9 Å². The molecular weight excluding hydrogens is 480 g/mol. The highest BCUT2D eigenvalue weighted by Crippen LogP contribution is 2.31. The second-order valence-electron chi connectivity index (χ2n) is 8.19. The molecule has 178 valence electrons. The Morgan fingerprint density at radius 3 is 2.47 bits per heavy atom. The lowest BCUT2D eigenvalue weighted by Crippen LogP contribution is -2.33. The first kappa shape index (κ1) is 23.3. The van der Waals surface area contributed by atoms with Crippen LogP contribution in [-0.2, 0) is 17.8 Å². The van der Waals surface area contributed by atoms with Crippen molar-refractivity contribution in [3.63, 3.8) is 0 Å². The molecule has 1 N–H and O–H groups in total. The maximum absolute atomic E-state index is 13.2. The van der Waals surface area contributed by atoms with Crippen molar-refractivity contribution in [2.24, 2.45) is 4.99 Å². The highest BCUT2D eigenvalue weighted by molar-refractivity contribution is 6.54. The molecule has 0 unspecified atom stereocenters. The predicted molar refractivity (Wildman–Crippen MR) is 137 cm³/mol. The van der Waals surface area contributed by atoms with Crippen LogP contribution < -0.4 is 9.64 Å². The number of benzene rings is 4. The van der Waals surface area contributed by atoms with Crippen LogP contribution in [0.3, 0.4) is 0 Å². The molecule has 0 radical (unpaired) electrons. The molecule has 4 aromatic carbocycles. The molecule has 0 aliphatic carbocycles. The number of amides is 3. The summed E-state index contributed by atoms with van der Waals surface area (Å²) in [6, 6.07) is 23.7. The zero-order valence-corrected chi connectivity index (χ0v) is 19.6. The highest BCUT2D eigenvalue weighted by atomic mass is 35.5. The van der Waals surface area contributed by atoms with Crippen LogP contribution in [0.4, 0.5) is 10.5 Å². The second-order valence-corrected chi connectivity index (χ2v) is 8.63. The SMILES string of the molecule is O=C(O)c1ccc(COc2ccc3ccccc3c2CC2=NC(=O)N(c3cccc(Cl)c3)C2=O)cc1. The number of carboxylic acid groups (broad SMARTS) is 1. The van der Waals surface area contributed by atoms with E-state index < -0.39 is 17.9 Å². The number of carbonyl (C=O) groups is 3. The molecule has 0 saturated heterocycles. The molecule has 0 fully saturated rings. The third-order valence-corrected chi connectivity index (χ3v) is 6.11. The maximum atomic E-state index is 13.2. The van der Waals surface area contributed by atoms with E-state index in [0.717, 1.165) is 26.8 Å². The largest absolute Gasteiger partial charge is 0.489 e. The van der Waals surface area contributed by atoms with Gasteiger partial charge in [-0.1, -0.05) is 60.1 Å². The van der Waals surface area contributed by atoms with E-state index in [1.165, 1.54) is 18.2 Å². The van der Waals surface area contributed by atoms with Crippen molar-refractivity contribution in [1.82, 2.24) is 0 Å². The average molecular weight is 499 g/mol. The molecular formula is C28H19ClN2O5. The number of halogens is 1. The van der Waals surface area contributed by atoms with Gasteiger partial charge in [-0.2, -0.15) is 4.99 Å². The zero-order chi connectivity index (χ0) is 25.2. The number of carboxylic acids is 1. The summed E-state index contributed by atoms with van der Waals surface area (Å²) < 4.78 is 6.10. The summed E-state index contributed by atoms with van der Waals surface area (Å²) >= 11 is 6.05. The number of imide groups is 1. The lowest BCUT2D eigenvalue weighted by molar-refractivity contribution is -0.111. The number of urea groups is 1. The number of rotatable bonds is 7. The standard InChI is InChI=1S/C28H19ClN2O5/c29-20-5-3-6-21(14-20)31-26(32)24(30-28(31)35)15-23-22-7-2-1-4-18(22)12-13-25(23)36-16-17-8-10-19(11-9-17)27(33)34/h1-14H,15-16H2,(H,33,34). The van der Waals surface area contributed by atoms with E-state index in [9.17, 15) is 14.4 Å². The topological polar surface area (TPSA) is 96.3 Å². The van der Waals surface area contributed by atoms with Crippen molar-refractivity contribution in [3.8, 4) is 5.75 Å². The Bertz CT molecular complexity index is 1550. The van der Waals surface area contributed by atoms with Crippen LogP contribution in [0.1, 0.15) is 21.5 Å². The number of nitrogens with zero attached hydrogens (tertiary/aromatic N) is 2. The van der Waals surface area contributed by atoms with Crippen molar-refractivity contribution in [2.75, 3.05) is 4.90 Å². The quantitative estimate of drug-likeness (QED) is 0.341. The first-order valence-corrected chi connectivity index (χ1v) is 11.5. The smallest absolute Gasteiger partial charge is 0.355 e. The number of hydrogen-bond acceptors (Lipinski definition) is 4. The zero-order valence-electron chi connectivity index (χ0n) is 18.8. The summed E-state index contributed by atoms with van der Waals surface area (Å²) in [5, 5.41) is 11.3. The molecule has 5 rings (SSSR count). The van der Waals surface area contributed by atoms with E-state index in [2.05, 4.69) is 4.99 Å². The lowest BCUT2D eigenvalue weighted by Gasteiger charge is -2.16. The molecule has 1 aliphatic heterocycles. The lowest BCUT2D eigenvalue weighted by atomic mass is 9.98. The molecule has 0 atom stereocenters. The van der Waals surface area contributed by atoms with Crippen LogP contribution in [0.25, 0.3) is 10.8 Å². The molecule has 0 aromatic heterocycles. The van der Waals surface area contributed by atoms with Gasteiger partial charge in [0.05, 0.1) is 11.3 Å². The summed E-state index contributed by atoms with van der Waals surface area (Å²) in [5.41, 5.74) is 2.16. The number of hydrogen-bond donors (Lipinski definition) is 1. The number of fused-ring (bicyclic) bond motifs is 1. The number of aromatic carboxylic acids is 1. The summed E-state index contributed by atoms with van der Waals surface area (Å²) in [5.74, 6) is -0.965.